The molecule has 1 rings (SSSR count). The van der Waals surface area contributed by atoms with Gasteiger partial charge in [0.25, 0.3) is 0 Å². The molecule has 0 fully saturated rings. The Balaban J connectivity index is 2.52. The van der Waals surface area contributed by atoms with Crippen LogP contribution >= 0.6 is 0 Å². The Hall–Kier alpha value is -1.42. The van der Waals surface area contributed by atoms with E-state index in [2.05, 4.69) is 6.07 Å². The molecule has 0 saturated carbocycles. The van der Waals surface area contributed by atoms with Gasteiger partial charge in [0, 0.05) is 6.42 Å². The highest BCUT2D eigenvalue weighted by Crippen LogP contribution is 2.02. The fraction of sp³-hybridized carbons (Fsp3) is 0.111. The van der Waals surface area contributed by atoms with E-state index in [9.17, 15) is 0 Å². The maximum absolute atomic E-state index is 8.25. The molecule has 0 aromatic heterocycles. The summed E-state index contributed by atoms with van der Waals surface area (Å²) in [6, 6.07) is 11.9. The van der Waals surface area contributed by atoms with Crippen molar-refractivity contribution in [3.05, 3.63) is 42.3 Å². The van der Waals surface area contributed by atoms with E-state index in [1.807, 2.05) is 36.8 Å². The lowest BCUT2D eigenvalue weighted by Crippen LogP contribution is -1.77. The number of nitriles is 1. The first-order chi connectivity index (χ1) is 4.93. The van der Waals surface area contributed by atoms with E-state index in [-0.39, 0.29) is 0 Å². The molecule has 1 aromatic carbocycles. The van der Waals surface area contributed by atoms with Crippen molar-refractivity contribution < 1.29 is 0 Å². The van der Waals surface area contributed by atoms with Crippen LogP contribution in [0.4, 0.5) is 0 Å². The van der Waals surface area contributed by atoms with Crippen LogP contribution in [0.15, 0.2) is 30.3 Å². The molecule has 0 aliphatic carbocycles. The lowest BCUT2D eigenvalue weighted by Gasteiger charge is -2.03. The average molecular weight is 130 g/mol. The quantitative estimate of drug-likeness (QED) is 0.563. The molecule has 0 saturated heterocycles. The molecule has 0 N–H and O–H groups in total. The molecule has 0 unspecified atom stereocenters. The topological polar surface area (TPSA) is 23.8 Å². The van der Waals surface area contributed by atoms with Gasteiger partial charge in [0.15, 0.2) is 0 Å². The molecule has 0 radical (unpaired) electrons. The highest BCUT2D eigenvalue weighted by atomic mass is 14.2. The van der Waals surface area contributed by atoms with Crippen molar-refractivity contribution in [1.29, 1.82) is 5.26 Å². The van der Waals surface area contributed by atoms with E-state index < -0.39 is 0 Å². The van der Waals surface area contributed by atoms with Crippen molar-refractivity contribution in [2.75, 3.05) is 0 Å². The van der Waals surface area contributed by atoms with Crippen LogP contribution in [-0.4, -0.2) is 0 Å². The van der Waals surface area contributed by atoms with Crippen LogP contribution in [0.25, 0.3) is 0 Å². The Morgan fingerprint density at radius 2 is 2.00 bits per heavy atom. The van der Waals surface area contributed by atoms with Crippen molar-refractivity contribution >= 4 is 0 Å². The van der Waals surface area contributed by atoms with Gasteiger partial charge in [0.05, 0.1) is 6.07 Å². The zero-order chi connectivity index (χ0) is 7.23. The summed E-state index contributed by atoms with van der Waals surface area (Å²) in [6.07, 6.45) is 2.39. The lowest BCUT2D eigenvalue weighted by atomic mass is 10.1. The Kier molecular flexibility index (Phi) is 2.39. The monoisotopic (exact) mass is 130 g/mol. The molecule has 0 atom stereocenters. The van der Waals surface area contributed by atoms with Crippen molar-refractivity contribution in [1.82, 2.24) is 0 Å². The highest BCUT2D eigenvalue weighted by molar-refractivity contribution is 5.23. The molecule has 0 aliphatic heterocycles. The van der Waals surface area contributed by atoms with Gasteiger partial charge >= 0.3 is 0 Å². The van der Waals surface area contributed by atoms with Gasteiger partial charge in [-0.1, -0.05) is 6.07 Å². The maximum Gasteiger partial charge on any atom is 0.0536 e. The molecule has 50 valence electrons. The Bertz CT molecular complexity index is 220. The van der Waals surface area contributed by atoms with Crippen LogP contribution < -0.4 is 0 Å². The molecule has 0 spiro atoms. The molecular weight excluding hydrogens is 122 g/mol. The highest BCUT2D eigenvalue weighted by Gasteiger charge is 1.77. The third kappa shape index (κ3) is 1.83. The molecule has 0 amide bonds. The van der Waals surface area contributed by atoms with E-state index in [4.69, 9.17) is 5.26 Å². The van der Waals surface area contributed by atoms with Gasteiger partial charge in [-0.25, -0.2) is 0 Å². The fourth-order valence-corrected chi connectivity index (χ4v) is 0.753. The van der Waals surface area contributed by atoms with Crippen LogP contribution in [0.3, 0.4) is 0 Å². The number of hydrogen-bond donors (Lipinski definition) is 0. The van der Waals surface area contributed by atoms with Crippen LogP contribution in [0.2, 0.25) is 0 Å². The lowest BCUT2D eigenvalue weighted by molar-refractivity contribution is 1.24. The first kappa shape index (κ1) is 6.70. The molecule has 1 aromatic rings. The van der Waals surface area contributed by atoms with Gasteiger partial charge in [-0.05, 0) is 0 Å². The number of benzene rings is 1. The predicted octanol–water partition coefficient (Wildman–Crippen LogP) is 2.15. The smallest absolute Gasteiger partial charge is 0.0536 e. The van der Waals surface area contributed by atoms with Crippen molar-refractivity contribution in [2.45, 2.75) is 6.42 Å². The van der Waals surface area contributed by atoms with Crippen LogP contribution in [0, 0.1) is 17.8 Å². The molecule has 1 heteroatoms. The van der Waals surface area contributed by atoms with Gasteiger partial charge in [-0.3, -0.25) is 0 Å². The van der Waals surface area contributed by atoms with Crippen LogP contribution in [0.1, 0.15) is 12.0 Å². The summed E-state index contributed by atoms with van der Waals surface area (Å²) in [5.41, 5.74) is 1.11. The number of nitrogens with zero attached hydrogens (tertiary/aromatic N) is 1. The van der Waals surface area contributed by atoms with Crippen molar-refractivity contribution in [3.63, 3.8) is 0 Å². The second-order valence-corrected chi connectivity index (χ2v) is 1.98. The molecular formula is C9H8N-. The fourth-order valence-electron chi connectivity index (χ4n) is 0.753. The summed E-state index contributed by atoms with van der Waals surface area (Å²) in [5.74, 6) is 0. The minimum atomic E-state index is 0.490. The zero-order valence-corrected chi connectivity index (χ0v) is 5.62. The molecule has 1 nitrogen and oxygen atoms in total. The third-order valence-electron chi connectivity index (χ3n) is 1.23. The minimum absolute atomic E-state index is 0.490. The standard InChI is InChI=1S/C9H8N/c10-8-4-7-9-5-2-1-3-6-9/h1-3,5-7H,4H2/q-1. The first-order valence-electron chi connectivity index (χ1n) is 3.18. The van der Waals surface area contributed by atoms with E-state index in [1.54, 1.807) is 0 Å². The zero-order valence-electron chi connectivity index (χ0n) is 5.62. The van der Waals surface area contributed by atoms with Gasteiger partial charge in [-0.15, -0.1) is 12.1 Å². The van der Waals surface area contributed by atoms with Gasteiger partial charge in [0.1, 0.15) is 0 Å². The Morgan fingerprint density at radius 3 is 2.60 bits per heavy atom. The largest absolute Gasteiger partial charge is 0.199 e. The summed E-state index contributed by atoms with van der Waals surface area (Å²) in [7, 11) is 0. The van der Waals surface area contributed by atoms with Crippen LogP contribution in [0.5, 0.6) is 0 Å². The van der Waals surface area contributed by atoms with E-state index in [0.29, 0.717) is 6.42 Å². The van der Waals surface area contributed by atoms with E-state index in [1.165, 1.54) is 0 Å². The summed E-state index contributed by atoms with van der Waals surface area (Å²) >= 11 is 0. The average Bonchev–Trinajstić information content (AvgIpc) is 2.03. The summed E-state index contributed by atoms with van der Waals surface area (Å²) in [6.45, 7) is 0. The Morgan fingerprint density at radius 1 is 1.30 bits per heavy atom. The molecule has 0 aliphatic rings. The van der Waals surface area contributed by atoms with E-state index >= 15 is 0 Å². The van der Waals surface area contributed by atoms with E-state index in [0.717, 1.165) is 5.56 Å². The summed E-state index contributed by atoms with van der Waals surface area (Å²) in [4.78, 5) is 0. The van der Waals surface area contributed by atoms with Gasteiger partial charge < -0.3 is 0 Å². The Labute approximate surface area is 60.9 Å². The van der Waals surface area contributed by atoms with Gasteiger partial charge in [-0.2, -0.15) is 29.4 Å². The van der Waals surface area contributed by atoms with Gasteiger partial charge in [0.2, 0.25) is 0 Å². The number of hydrogen-bond acceptors (Lipinski definition) is 1. The SMILES string of the molecule is N#CC[CH-]c1ccccc1. The predicted molar refractivity (Wildman–Crippen MR) is 40.1 cm³/mol. The normalized spacial score (nSPS) is 8.30. The minimum Gasteiger partial charge on any atom is -0.199 e. The van der Waals surface area contributed by atoms with Crippen molar-refractivity contribution in [3.8, 4) is 6.07 Å². The summed E-state index contributed by atoms with van der Waals surface area (Å²) in [5, 5.41) is 8.25. The molecule has 0 heterocycles. The summed E-state index contributed by atoms with van der Waals surface area (Å²) < 4.78 is 0. The third-order valence-corrected chi connectivity index (χ3v) is 1.23. The second-order valence-electron chi connectivity index (χ2n) is 1.98. The maximum atomic E-state index is 8.25. The van der Waals surface area contributed by atoms with Crippen molar-refractivity contribution in [2.24, 2.45) is 0 Å². The van der Waals surface area contributed by atoms with Crippen LogP contribution in [-0.2, 0) is 0 Å². The molecule has 0 bridgehead atoms. The molecule has 10 heavy (non-hydrogen) atoms. The first-order valence-corrected chi connectivity index (χ1v) is 3.18. The number of rotatable bonds is 2. The second kappa shape index (κ2) is 3.58.